The Hall–Kier alpha value is -1.92. The van der Waals surface area contributed by atoms with Crippen molar-refractivity contribution in [3.05, 3.63) is 24.3 Å². The van der Waals surface area contributed by atoms with Crippen LogP contribution < -0.4 is 10.2 Å². The van der Waals surface area contributed by atoms with Crippen LogP contribution in [0.5, 0.6) is 0 Å². The molecule has 0 aliphatic carbocycles. The first-order valence-corrected chi connectivity index (χ1v) is 6.80. The number of hydrogen-bond acceptors (Lipinski definition) is 6. The van der Waals surface area contributed by atoms with Gasteiger partial charge in [-0.05, 0) is 19.1 Å². The van der Waals surface area contributed by atoms with Gasteiger partial charge in [-0.3, -0.25) is 0 Å². The summed E-state index contributed by atoms with van der Waals surface area (Å²) in [4.78, 5) is 10.9. The predicted molar refractivity (Wildman–Crippen MR) is 77.9 cm³/mol. The zero-order valence-corrected chi connectivity index (χ0v) is 11.3. The third kappa shape index (κ3) is 2.28. The Balaban J connectivity index is 2.08. The van der Waals surface area contributed by atoms with Gasteiger partial charge in [-0.25, -0.2) is 4.98 Å². The predicted octanol–water partition coefficient (Wildman–Crippen LogP) is 0.603. The summed E-state index contributed by atoms with van der Waals surface area (Å²) in [5.41, 5.74) is 0.851. The fourth-order valence-corrected chi connectivity index (χ4v) is 2.48. The maximum atomic E-state index is 9.72. The Morgan fingerprint density at radius 1 is 1.20 bits per heavy atom. The topological polar surface area (TPSA) is 81.5 Å². The van der Waals surface area contributed by atoms with Gasteiger partial charge in [0.15, 0.2) is 0 Å². The zero-order chi connectivity index (χ0) is 14.1. The lowest BCUT2D eigenvalue weighted by Crippen LogP contribution is -2.23. The number of anilines is 2. The van der Waals surface area contributed by atoms with Crippen molar-refractivity contribution in [3.8, 4) is 0 Å². The number of rotatable bonds is 3. The minimum atomic E-state index is -0.730. The second-order valence-electron chi connectivity index (χ2n) is 4.96. The van der Waals surface area contributed by atoms with Gasteiger partial charge in [-0.2, -0.15) is 4.98 Å². The van der Waals surface area contributed by atoms with E-state index < -0.39 is 12.2 Å². The first kappa shape index (κ1) is 13.1. The number of nitrogens with one attached hydrogen (secondary N) is 1. The fraction of sp³-hybridized carbons (Fsp3) is 0.429. The van der Waals surface area contributed by atoms with E-state index in [1.54, 1.807) is 0 Å². The molecule has 2 heterocycles. The van der Waals surface area contributed by atoms with E-state index in [1.807, 2.05) is 36.1 Å². The van der Waals surface area contributed by atoms with Crippen LogP contribution in [0.2, 0.25) is 0 Å². The maximum absolute atomic E-state index is 9.72. The molecular formula is C14H18N4O2. The van der Waals surface area contributed by atoms with Crippen LogP contribution in [0.4, 0.5) is 11.8 Å². The van der Waals surface area contributed by atoms with Crippen LogP contribution in [0.3, 0.4) is 0 Å². The highest BCUT2D eigenvalue weighted by Crippen LogP contribution is 2.28. The van der Waals surface area contributed by atoms with Crippen molar-refractivity contribution < 1.29 is 10.2 Å². The van der Waals surface area contributed by atoms with Gasteiger partial charge in [-0.1, -0.05) is 12.1 Å². The molecule has 1 saturated heterocycles. The maximum Gasteiger partial charge on any atom is 0.225 e. The molecule has 1 aliphatic heterocycles. The molecule has 3 rings (SSSR count). The Morgan fingerprint density at radius 3 is 2.60 bits per heavy atom. The number of β-amino-alcohol motifs (C(OH)–C–C–N with tert-alkyl or cyclic N) is 2. The molecule has 2 aromatic rings. The summed E-state index contributed by atoms with van der Waals surface area (Å²) in [5.74, 6) is 1.32. The molecule has 20 heavy (non-hydrogen) atoms. The summed E-state index contributed by atoms with van der Waals surface area (Å²) >= 11 is 0. The molecule has 106 valence electrons. The molecule has 0 bridgehead atoms. The Kier molecular flexibility index (Phi) is 3.42. The number of hydrogen-bond donors (Lipinski definition) is 3. The van der Waals surface area contributed by atoms with Crippen LogP contribution in [-0.2, 0) is 0 Å². The average Bonchev–Trinajstić information content (AvgIpc) is 2.78. The Bertz CT molecular complexity index is 609. The van der Waals surface area contributed by atoms with Crippen molar-refractivity contribution >= 4 is 22.7 Å². The monoisotopic (exact) mass is 274 g/mol. The van der Waals surface area contributed by atoms with Crippen LogP contribution in [-0.4, -0.2) is 52.0 Å². The van der Waals surface area contributed by atoms with E-state index in [2.05, 4.69) is 15.3 Å². The fourth-order valence-electron chi connectivity index (χ4n) is 2.48. The van der Waals surface area contributed by atoms with Gasteiger partial charge in [0, 0.05) is 25.0 Å². The van der Waals surface area contributed by atoms with Crippen LogP contribution >= 0.6 is 0 Å². The van der Waals surface area contributed by atoms with Crippen molar-refractivity contribution in [1.82, 2.24) is 9.97 Å². The van der Waals surface area contributed by atoms with E-state index in [4.69, 9.17) is 0 Å². The van der Waals surface area contributed by atoms with E-state index in [9.17, 15) is 10.2 Å². The van der Waals surface area contributed by atoms with Gasteiger partial charge < -0.3 is 20.4 Å². The minimum absolute atomic E-state index is 0.383. The van der Waals surface area contributed by atoms with E-state index in [-0.39, 0.29) is 0 Å². The van der Waals surface area contributed by atoms with Crippen LogP contribution in [0, 0.1) is 0 Å². The molecule has 1 aliphatic rings. The first-order valence-electron chi connectivity index (χ1n) is 6.80. The van der Waals surface area contributed by atoms with Crippen molar-refractivity contribution in [3.63, 3.8) is 0 Å². The van der Waals surface area contributed by atoms with Crippen molar-refractivity contribution in [2.24, 2.45) is 0 Å². The van der Waals surface area contributed by atoms with Gasteiger partial charge in [-0.15, -0.1) is 0 Å². The molecule has 1 aromatic heterocycles. The van der Waals surface area contributed by atoms with Crippen molar-refractivity contribution in [1.29, 1.82) is 0 Å². The number of aliphatic hydroxyl groups is 2. The highest BCUT2D eigenvalue weighted by atomic mass is 16.3. The van der Waals surface area contributed by atoms with E-state index in [1.165, 1.54) is 0 Å². The lowest BCUT2D eigenvalue weighted by Gasteiger charge is -2.19. The van der Waals surface area contributed by atoms with Crippen LogP contribution in [0.15, 0.2) is 24.3 Å². The molecule has 0 spiro atoms. The lowest BCUT2D eigenvalue weighted by atomic mass is 10.2. The number of aliphatic hydroxyl groups excluding tert-OH is 2. The van der Waals surface area contributed by atoms with E-state index in [0.29, 0.717) is 19.0 Å². The summed E-state index contributed by atoms with van der Waals surface area (Å²) in [6.07, 6.45) is -1.46. The second kappa shape index (κ2) is 5.22. The summed E-state index contributed by atoms with van der Waals surface area (Å²) in [6, 6.07) is 7.76. The molecular weight excluding hydrogens is 256 g/mol. The van der Waals surface area contributed by atoms with Crippen molar-refractivity contribution in [2.75, 3.05) is 29.9 Å². The quantitative estimate of drug-likeness (QED) is 0.760. The highest BCUT2D eigenvalue weighted by molar-refractivity contribution is 5.90. The molecule has 0 amide bonds. The summed E-state index contributed by atoms with van der Waals surface area (Å²) in [5, 5.41) is 23.5. The minimum Gasteiger partial charge on any atom is -0.389 e. The highest BCUT2D eigenvalue weighted by Gasteiger charge is 2.31. The summed E-state index contributed by atoms with van der Waals surface area (Å²) in [6.45, 7) is 3.49. The summed E-state index contributed by atoms with van der Waals surface area (Å²) in [7, 11) is 0. The van der Waals surface area contributed by atoms with E-state index in [0.717, 1.165) is 23.3 Å². The number of fused-ring (bicyclic) bond motifs is 1. The number of benzene rings is 1. The molecule has 3 N–H and O–H groups in total. The molecule has 6 nitrogen and oxygen atoms in total. The zero-order valence-electron chi connectivity index (χ0n) is 11.3. The van der Waals surface area contributed by atoms with Gasteiger partial charge in [0.05, 0.1) is 17.7 Å². The first-order chi connectivity index (χ1) is 9.69. The molecule has 2 atom stereocenters. The number of nitrogens with zero attached hydrogens (tertiary/aromatic N) is 3. The largest absolute Gasteiger partial charge is 0.389 e. The van der Waals surface area contributed by atoms with Crippen LogP contribution in [0.1, 0.15) is 6.92 Å². The standard InChI is InChI=1S/C14H18N4O2/c1-2-15-14-16-10-6-4-3-5-9(10)13(17-14)18-7-11(19)12(20)8-18/h3-6,11-12,19-20H,2,7-8H2,1H3,(H,15,16,17). The Labute approximate surface area is 117 Å². The molecule has 0 saturated carbocycles. The Morgan fingerprint density at radius 2 is 1.90 bits per heavy atom. The summed E-state index contributed by atoms with van der Waals surface area (Å²) < 4.78 is 0. The SMILES string of the molecule is CCNc1nc(N2CC(O)C(O)C2)c2ccccc2n1. The third-order valence-corrected chi connectivity index (χ3v) is 3.48. The van der Waals surface area contributed by atoms with Crippen molar-refractivity contribution in [2.45, 2.75) is 19.1 Å². The smallest absolute Gasteiger partial charge is 0.225 e. The molecule has 1 fully saturated rings. The molecule has 6 heteroatoms. The molecule has 2 unspecified atom stereocenters. The van der Waals surface area contributed by atoms with E-state index >= 15 is 0 Å². The molecule has 0 radical (unpaired) electrons. The average molecular weight is 274 g/mol. The van der Waals surface area contributed by atoms with Crippen LogP contribution in [0.25, 0.3) is 10.9 Å². The number of aromatic nitrogens is 2. The van der Waals surface area contributed by atoms with Gasteiger partial charge >= 0.3 is 0 Å². The molecule has 1 aromatic carbocycles. The van der Waals surface area contributed by atoms with Gasteiger partial charge in [0.1, 0.15) is 5.82 Å². The van der Waals surface area contributed by atoms with Gasteiger partial charge in [0.25, 0.3) is 0 Å². The van der Waals surface area contributed by atoms with Gasteiger partial charge in [0.2, 0.25) is 5.95 Å². The third-order valence-electron chi connectivity index (χ3n) is 3.48. The second-order valence-corrected chi connectivity index (χ2v) is 4.96. The lowest BCUT2D eigenvalue weighted by molar-refractivity contribution is 0.0572. The number of para-hydroxylation sites is 1. The normalized spacial score (nSPS) is 22.4.